The first-order valence-corrected chi connectivity index (χ1v) is 3.84. The number of carbonyl (C=O) groups is 2. The van der Waals surface area contributed by atoms with Crippen molar-refractivity contribution in [3.63, 3.8) is 0 Å². The maximum Gasteiger partial charge on any atom is 0.412 e. The van der Waals surface area contributed by atoms with Crippen molar-refractivity contribution >= 4 is 12.1 Å². The molecule has 0 bridgehead atoms. The molecule has 1 unspecified atom stereocenters. The fourth-order valence-electron chi connectivity index (χ4n) is 0.957. The van der Waals surface area contributed by atoms with E-state index in [1.807, 2.05) is 0 Å². The van der Waals surface area contributed by atoms with Crippen molar-refractivity contribution in [1.82, 2.24) is 4.90 Å². The molecule has 0 saturated carbocycles. The summed E-state index contributed by atoms with van der Waals surface area (Å²) in [5.41, 5.74) is 0. The average Bonchev–Trinajstić information content (AvgIpc) is 2.62. The molecule has 0 aromatic heterocycles. The number of carboxylic acid groups (broad SMARTS) is 1. The molecule has 1 aliphatic rings. The van der Waals surface area contributed by atoms with Gasteiger partial charge in [-0.3, -0.25) is 4.90 Å². The summed E-state index contributed by atoms with van der Waals surface area (Å²) in [4.78, 5) is 22.7. The molecule has 0 aliphatic carbocycles. The van der Waals surface area contributed by atoms with Gasteiger partial charge in [-0.1, -0.05) is 5.92 Å². The first-order valence-electron chi connectivity index (χ1n) is 3.84. The van der Waals surface area contributed by atoms with Gasteiger partial charge in [-0.25, -0.2) is 9.59 Å². The molecular formula is C8H9NO5. The van der Waals surface area contributed by atoms with Gasteiger partial charge in [0.25, 0.3) is 0 Å². The van der Waals surface area contributed by atoms with Crippen LogP contribution in [0.15, 0.2) is 0 Å². The van der Waals surface area contributed by atoms with Gasteiger partial charge in [0.2, 0.25) is 0 Å². The maximum atomic E-state index is 11.1. The second-order valence-electron chi connectivity index (χ2n) is 2.60. The van der Waals surface area contributed by atoms with Gasteiger partial charge in [-0.05, 0) is 0 Å². The minimum absolute atomic E-state index is 0.0151. The van der Waals surface area contributed by atoms with Crippen LogP contribution in [0.2, 0.25) is 0 Å². The Morgan fingerprint density at radius 2 is 2.43 bits per heavy atom. The van der Waals surface area contributed by atoms with Crippen LogP contribution in [0.4, 0.5) is 4.79 Å². The second-order valence-corrected chi connectivity index (χ2v) is 2.60. The number of ether oxygens (including phenoxy) is 2. The highest BCUT2D eigenvalue weighted by Gasteiger charge is 2.32. The topological polar surface area (TPSA) is 76.1 Å². The molecule has 14 heavy (non-hydrogen) atoms. The molecule has 1 heterocycles. The largest absolute Gasteiger partial charge is 0.479 e. The molecule has 0 spiro atoms. The van der Waals surface area contributed by atoms with Crippen molar-refractivity contribution in [3.8, 4) is 12.3 Å². The van der Waals surface area contributed by atoms with Crippen LogP contribution in [0.1, 0.15) is 0 Å². The monoisotopic (exact) mass is 199 g/mol. The van der Waals surface area contributed by atoms with Crippen molar-refractivity contribution in [2.75, 3.05) is 19.9 Å². The van der Waals surface area contributed by atoms with Gasteiger partial charge in [-0.15, -0.1) is 6.42 Å². The Morgan fingerprint density at radius 1 is 1.71 bits per heavy atom. The Hall–Kier alpha value is -1.74. The van der Waals surface area contributed by atoms with Crippen LogP contribution in [0.3, 0.4) is 0 Å². The minimum Gasteiger partial charge on any atom is -0.479 e. The van der Waals surface area contributed by atoms with E-state index in [-0.39, 0.29) is 19.9 Å². The molecule has 1 amide bonds. The number of amides is 1. The summed E-state index contributed by atoms with van der Waals surface area (Å²) in [6.07, 6.45) is 3.24. The van der Waals surface area contributed by atoms with Gasteiger partial charge >= 0.3 is 12.1 Å². The number of carbonyl (C=O) groups excluding carboxylic acids is 1. The van der Waals surface area contributed by atoms with E-state index in [0.717, 1.165) is 4.90 Å². The number of hydrogen-bond donors (Lipinski definition) is 1. The average molecular weight is 199 g/mol. The number of terminal acetylenes is 1. The molecule has 1 rings (SSSR count). The van der Waals surface area contributed by atoms with Gasteiger partial charge in [0.05, 0.1) is 6.54 Å². The molecule has 0 aromatic rings. The van der Waals surface area contributed by atoms with E-state index in [1.165, 1.54) is 0 Å². The number of carboxylic acids is 1. The van der Waals surface area contributed by atoms with Crippen LogP contribution in [-0.4, -0.2) is 48.1 Å². The molecule has 1 atom stereocenters. The lowest BCUT2D eigenvalue weighted by atomic mass is 10.4. The highest BCUT2D eigenvalue weighted by molar-refractivity contribution is 5.75. The third-order valence-electron chi connectivity index (χ3n) is 1.63. The van der Waals surface area contributed by atoms with Gasteiger partial charge in [0.1, 0.15) is 6.73 Å². The van der Waals surface area contributed by atoms with E-state index in [0.29, 0.717) is 0 Å². The Balaban J connectivity index is 2.38. The maximum absolute atomic E-state index is 11.1. The van der Waals surface area contributed by atoms with E-state index in [4.69, 9.17) is 16.3 Å². The summed E-state index contributed by atoms with van der Waals surface area (Å²) in [6, 6.07) is 0. The van der Waals surface area contributed by atoms with Gasteiger partial charge in [0.15, 0.2) is 12.7 Å². The van der Waals surface area contributed by atoms with Crippen LogP contribution < -0.4 is 0 Å². The molecule has 76 valence electrons. The lowest BCUT2D eigenvalue weighted by molar-refractivity contribution is -0.146. The van der Waals surface area contributed by atoms with Crippen LogP contribution in [0, 0.1) is 12.3 Å². The predicted octanol–water partition coefficient (Wildman–Crippen LogP) is -0.501. The van der Waals surface area contributed by atoms with Crippen molar-refractivity contribution in [2.45, 2.75) is 6.10 Å². The SMILES string of the molecule is C#CCOC(=O)N1COC(C(=O)O)C1. The van der Waals surface area contributed by atoms with Crippen LogP contribution in [0.25, 0.3) is 0 Å². The Labute approximate surface area is 80.4 Å². The highest BCUT2D eigenvalue weighted by atomic mass is 16.6. The Kier molecular flexibility index (Phi) is 3.31. The minimum atomic E-state index is -1.10. The molecule has 1 N–H and O–H groups in total. The predicted molar refractivity (Wildman–Crippen MR) is 44.3 cm³/mol. The van der Waals surface area contributed by atoms with Crippen LogP contribution in [0.5, 0.6) is 0 Å². The molecule has 6 heteroatoms. The fraction of sp³-hybridized carbons (Fsp3) is 0.500. The second kappa shape index (κ2) is 4.48. The third-order valence-corrected chi connectivity index (χ3v) is 1.63. The highest BCUT2D eigenvalue weighted by Crippen LogP contribution is 2.09. The number of rotatable bonds is 2. The van der Waals surface area contributed by atoms with Crippen molar-refractivity contribution in [2.24, 2.45) is 0 Å². The van der Waals surface area contributed by atoms with Crippen LogP contribution >= 0.6 is 0 Å². The molecule has 0 radical (unpaired) electrons. The number of hydrogen-bond acceptors (Lipinski definition) is 4. The lowest BCUT2D eigenvalue weighted by Gasteiger charge is -2.11. The van der Waals surface area contributed by atoms with E-state index in [2.05, 4.69) is 10.7 Å². The van der Waals surface area contributed by atoms with Crippen molar-refractivity contribution in [1.29, 1.82) is 0 Å². The van der Waals surface area contributed by atoms with E-state index < -0.39 is 18.2 Å². The summed E-state index contributed by atoms with van der Waals surface area (Å²) < 4.78 is 9.38. The van der Waals surface area contributed by atoms with Gasteiger partial charge in [-0.2, -0.15) is 0 Å². The summed E-state index contributed by atoms with van der Waals surface area (Å²) in [5, 5.41) is 8.55. The molecule has 1 fully saturated rings. The molecule has 1 aliphatic heterocycles. The first kappa shape index (κ1) is 10.3. The summed E-state index contributed by atoms with van der Waals surface area (Å²) >= 11 is 0. The van der Waals surface area contributed by atoms with Crippen molar-refractivity contribution in [3.05, 3.63) is 0 Å². The molecule has 6 nitrogen and oxygen atoms in total. The summed E-state index contributed by atoms with van der Waals surface area (Å²) in [5.74, 6) is 1.03. The third kappa shape index (κ3) is 2.37. The normalized spacial score (nSPS) is 20.2. The standard InChI is InChI=1S/C8H9NO5/c1-2-3-13-8(12)9-4-6(7(10)11)14-5-9/h1,6H,3-5H2,(H,10,11). The summed E-state index contributed by atoms with van der Waals surface area (Å²) in [6.45, 7) is -0.230. The molecular weight excluding hydrogens is 190 g/mol. The van der Waals surface area contributed by atoms with Gasteiger partial charge < -0.3 is 14.6 Å². The zero-order valence-electron chi connectivity index (χ0n) is 7.30. The smallest absolute Gasteiger partial charge is 0.412 e. The first-order chi connectivity index (χ1) is 6.65. The summed E-state index contributed by atoms with van der Waals surface area (Å²) in [7, 11) is 0. The zero-order valence-corrected chi connectivity index (χ0v) is 7.30. The molecule has 1 saturated heterocycles. The quantitative estimate of drug-likeness (QED) is 0.606. The number of aliphatic carboxylic acids is 1. The van der Waals surface area contributed by atoms with E-state index in [1.54, 1.807) is 0 Å². The number of nitrogens with zero attached hydrogens (tertiary/aromatic N) is 1. The molecule has 0 aromatic carbocycles. The Morgan fingerprint density at radius 3 is 2.93 bits per heavy atom. The van der Waals surface area contributed by atoms with Crippen molar-refractivity contribution < 1.29 is 24.2 Å². The van der Waals surface area contributed by atoms with E-state index in [9.17, 15) is 9.59 Å². The van der Waals surface area contributed by atoms with E-state index >= 15 is 0 Å². The lowest BCUT2D eigenvalue weighted by Crippen LogP contribution is -2.32. The van der Waals surface area contributed by atoms with Gasteiger partial charge in [0, 0.05) is 0 Å². The Bertz CT molecular complexity index is 282. The zero-order chi connectivity index (χ0) is 10.6. The van der Waals surface area contributed by atoms with Crippen LogP contribution in [-0.2, 0) is 14.3 Å². The fourth-order valence-corrected chi connectivity index (χ4v) is 0.957.